The zero-order valence-corrected chi connectivity index (χ0v) is 14.3. The number of fused-ring (bicyclic) bond motifs is 1. The lowest BCUT2D eigenvalue weighted by Crippen LogP contribution is -2.43. The summed E-state index contributed by atoms with van der Waals surface area (Å²) in [7, 11) is 0. The van der Waals surface area contributed by atoms with Gasteiger partial charge in [-0.3, -0.25) is 0 Å². The van der Waals surface area contributed by atoms with E-state index in [1.165, 1.54) is 5.39 Å². The molecule has 0 aromatic heterocycles. The predicted octanol–water partition coefficient (Wildman–Crippen LogP) is 4.55. The minimum Gasteiger partial charge on any atom is -0.392 e. The standard InChI is InChI=1S/C21H28O2/c1-13(2)18-11-8-14(3)19(21(18)23)20(22)17-10-9-15-6-4-5-7-16(15)12-17/h4-7,9-10,12-14,18-23H,8,11H2,1-3H3/t14-,18-,19+,20?,21?/m1/s1. The Morgan fingerprint density at radius 1 is 1.00 bits per heavy atom. The van der Waals surface area contributed by atoms with Crippen molar-refractivity contribution >= 4 is 10.8 Å². The van der Waals surface area contributed by atoms with E-state index in [9.17, 15) is 10.2 Å². The third-order valence-corrected chi connectivity index (χ3v) is 5.78. The molecule has 0 heterocycles. The highest BCUT2D eigenvalue weighted by atomic mass is 16.3. The number of rotatable bonds is 3. The number of hydrogen-bond acceptors (Lipinski definition) is 2. The van der Waals surface area contributed by atoms with Gasteiger partial charge in [-0.2, -0.15) is 0 Å². The Hall–Kier alpha value is -1.38. The summed E-state index contributed by atoms with van der Waals surface area (Å²) >= 11 is 0. The Morgan fingerprint density at radius 3 is 2.39 bits per heavy atom. The van der Waals surface area contributed by atoms with E-state index in [1.54, 1.807) is 0 Å². The van der Waals surface area contributed by atoms with Crippen molar-refractivity contribution in [2.24, 2.45) is 23.7 Å². The molecule has 2 N–H and O–H groups in total. The fourth-order valence-electron chi connectivity index (χ4n) is 4.28. The van der Waals surface area contributed by atoms with E-state index in [1.807, 2.05) is 18.2 Å². The van der Waals surface area contributed by atoms with Crippen LogP contribution in [-0.2, 0) is 0 Å². The van der Waals surface area contributed by atoms with Crippen molar-refractivity contribution < 1.29 is 10.2 Å². The van der Waals surface area contributed by atoms with Crippen molar-refractivity contribution in [2.45, 2.75) is 45.8 Å². The molecule has 3 rings (SSSR count). The molecule has 1 fully saturated rings. The van der Waals surface area contributed by atoms with Gasteiger partial charge in [0.15, 0.2) is 0 Å². The minimum absolute atomic E-state index is 0.0858. The van der Waals surface area contributed by atoms with Crippen LogP contribution in [0, 0.1) is 23.7 Å². The van der Waals surface area contributed by atoms with E-state index in [2.05, 4.69) is 45.0 Å². The number of benzene rings is 2. The summed E-state index contributed by atoms with van der Waals surface area (Å²) in [4.78, 5) is 0. The largest absolute Gasteiger partial charge is 0.392 e. The molecule has 2 nitrogen and oxygen atoms in total. The molecule has 1 saturated carbocycles. The normalized spacial score (nSPS) is 29.8. The van der Waals surface area contributed by atoms with Gasteiger partial charge in [-0.1, -0.05) is 57.2 Å². The summed E-state index contributed by atoms with van der Waals surface area (Å²) in [6.07, 6.45) is 1.10. The topological polar surface area (TPSA) is 40.5 Å². The summed E-state index contributed by atoms with van der Waals surface area (Å²) in [5.41, 5.74) is 0.920. The molecule has 1 aliphatic rings. The van der Waals surface area contributed by atoms with Crippen LogP contribution in [0.3, 0.4) is 0 Å². The number of aliphatic hydroxyl groups excluding tert-OH is 2. The first-order chi connectivity index (χ1) is 11.0. The molecule has 2 heteroatoms. The average molecular weight is 312 g/mol. The van der Waals surface area contributed by atoms with Gasteiger partial charge in [-0.05, 0) is 53.0 Å². The fourth-order valence-corrected chi connectivity index (χ4v) is 4.28. The lowest BCUT2D eigenvalue weighted by atomic mass is 9.66. The third-order valence-electron chi connectivity index (χ3n) is 5.78. The lowest BCUT2D eigenvalue weighted by molar-refractivity contribution is -0.0822. The zero-order chi connectivity index (χ0) is 16.6. The second kappa shape index (κ2) is 6.62. The molecule has 124 valence electrons. The van der Waals surface area contributed by atoms with E-state index < -0.39 is 12.2 Å². The van der Waals surface area contributed by atoms with Gasteiger partial charge in [-0.15, -0.1) is 0 Å². The smallest absolute Gasteiger partial charge is 0.0845 e. The first kappa shape index (κ1) is 16.5. The zero-order valence-electron chi connectivity index (χ0n) is 14.3. The monoisotopic (exact) mass is 312 g/mol. The van der Waals surface area contributed by atoms with Gasteiger partial charge in [0.2, 0.25) is 0 Å². The van der Waals surface area contributed by atoms with Gasteiger partial charge in [0.05, 0.1) is 12.2 Å². The van der Waals surface area contributed by atoms with Crippen LogP contribution < -0.4 is 0 Å². The van der Waals surface area contributed by atoms with Gasteiger partial charge < -0.3 is 10.2 Å². The Kier molecular flexibility index (Phi) is 4.74. The van der Waals surface area contributed by atoms with Gasteiger partial charge >= 0.3 is 0 Å². The van der Waals surface area contributed by atoms with Crippen LogP contribution in [-0.4, -0.2) is 16.3 Å². The molecule has 0 bridgehead atoms. The van der Waals surface area contributed by atoms with Crippen LogP contribution in [0.1, 0.15) is 45.3 Å². The molecule has 0 radical (unpaired) electrons. The highest BCUT2D eigenvalue weighted by Gasteiger charge is 2.41. The summed E-state index contributed by atoms with van der Waals surface area (Å²) < 4.78 is 0. The molecule has 0 spiro atoms. The molecule has 0 aliphatic heterocycles. The van der Waals surface area contributed by atoms with Crippen LogP contribution in [0.5, 0.6) is 0 Å². The summed E-state index contributed by atoms with van der Waals surface area (Å²) in [6.45, 7) is 6.50. The van der Waals surface area contributed by atoms with Crippen molar-refractivity contribution in [2.75, 3.05) is 0 Å². The molecule has 2 unspecified atom stereocenters. The SMILES string of the molecule is CC(C)[C@H]1CC[C@@H](C)[C@@H](C(O)c2ccc3ccccc3c2)C1O. The average Bonchev–Trinajstić information content (AvgIpc) is 2.54. The van der Waals surface area contributed by atoms with Gasteiger partial charge in [0.25, 0.3) is 0 Å². The Bertz CT molecular complexity index is 664. The van der Waals surface area contributed by atoms with Gasteiger partial charge in [0, 0.05) is 5.92 Å². The van der Waals surface area contributed by atoms with Crippen LogP contribution in [0.15, 0.2) is 42.5 Å². The second-order valence-electron chi connectivity index (χ2n) is 7.58. The summed E-state index contributed by atoms with van der Waals surface area (Å²) in [6, 6.07) is 14.3. The molecule has 0 saturated heterocycles. The van der Waals surface area contributed by atoms with Crippen molar-refractivity contribution in [3.63, 3.8) is 0 Å². The highest BCUT2D eigenvalue weighted by molar-refractivity contribution is 5.83. The fraction of sp³-hybridized carbons (Fsp3) is 0.524. The van der Waals surface area contributed by atoms with Gasteiger partial charge in [0.1, 0.15) is 0 Å². The van der Waals surface area contributed by atoms with E-state index >= 15 is 0 Å². The molecule has 2 aromatic carbocycles. The van der Waals surface area contributed by atoms with E-state index in [0.717, 1.165) is 23.8 Å². The van der Waals surface area contributed by atoms with Crippen LogP contribution in [0.4, 0.5) is 0 Å². The maximum atomic E-state index is 11.0. The van der Waals surface area contributed by atoms with E-state index in [4.69, 9.17) is 0 Å². The van der Waals surface area contributed by atoms with E-state index in [0.29, 0.717) is 11.8 Å². The van der Waals surface area contributed by atoms with Crippen LogP contribution in [0.2, 0.25) is 0 Å². The minimum atomic E-state index is -0.605. The van der Waals surface area contributed by atoms with E-state index in [-0.39, 0.29) is 11.8 Å². The maximum absolute atomic E-state index is 11.0. The van der Waals surface area contributed by atoms with Crippen LogP contribution >= 0.6 is 0 Å². The highest BCUT2D eigenvalue weighted by Crippen LogP contribution is 2.43. The third kappa shape index (κ3) is 3.15. The first-order valence-corrected chi connectivity index (χ1v) is 8.84. The number of aliphatic hydroxyl groups is 2. The molecular weight excluding hydrogens is 284 g/mol. The van der Waals surface area contributed by atoms with Crippen molar-refractivity contribution in [3.05, 3.63) is 48.0 Å². The summed E-state index contributed by atoms with van der Waals surface area (Å²) in [5, 5.41) is 24.2. The second-order valence-corrected chi connectivity index (χ2v) is 7.58. The molecule has 1 aliphatic carbocycles. The van der Waals surface area contributed by atoms with Crippen molar-refractivity contribution in [1.82, 2.24) is 0 Å². The lowest BCUT2D eigenvalue weighted by Gasteiger charge is -2.43. The first-order valence-electron chi connectivity index (χ1n) is 8.84. The molecule has 23 heavy (non-hydrogen) atoms. The van der Waals surface area contributed by atoms with Crippen LogP contribution in [0.25, 0.3) is 10.8 Å². The molecule has 0 amide bonds. The summed E-state index contributed by atoms with van der Waals surface area (Å²) in [5.74, 6) is 0.980. The predicted molar refractivity (Wildman–Crippen MR) is 95.1 cm³/mol. The number of hydrogen-bond donors (Lipinski definition) is 2. The molecular formula is C21H28O2. The van der Waals surface area contributed by atoms with Gasteiger partial charge in [-0.25, -0.2) is 0 Å². The quantitative estimate of drug-likeness (QED) is 0.872. The Morgan fingerprint density at radius 2 is 1.70 bits per heavy atom. The maximum Gasteiger partial charge on any atom is 0.0845 e. The van der Waals surface area contributed by atoms with Crippen molar-refractivity contribution in [1.29, 1.82) is 0 Å². The van der Waals surface area contributed by atoms with Crippen molar-refractivity contribution in [3.8, 4) is 0 Å². The molecule has 5 atom stereocenters. The Labute approximate surface area is 139 Å². The Balaban J connectivity index is 1.91. The molecule has 2 aromatic rings.